The van der Waals surface area contributed by atoms with Crippen molar-refractivity contribution in [3.63, 3.8) is 0 Å². The second-order valence-electron chi connectivity index (χ2n) is 21.5. The van der Waals surface area contributed by atoms with Crippen molar-refractivity contribution in [2.45, 2.75) is 72.4 Å². The summed E-state index contributed by atoms with van der Waals surface area (Å²) < 4.78 is 204. The fourth-order valence-corrected chi connectivity index (χ4v) is 10.5. The summed E-state index contributed by atoms with van der Waals surface area (Å²) in [6.45, 7) is 5.80. The van der Waals surface area contributed by atoms with Gasteiger partial charge in [-0.05, 0) is 141 Å². The van der Waals surface area contributed by atoms with Crippen LogP contribution < -0.4 is 14.5 Å². The fraction of sp³-hybridized carbons (Fsp3) is 0.181. The highest BCUT2D eigenvalue weighted by molar-refractivity contribution is 6.12. The molecule has 1 aliphatic rings. The summed E-state index contributed by atoms with van der Waals surface area (Å²) >= 11 is 0. The number of para-hydroxylation sites is 2. The minimum atomic E-state index is -4.00. The molecule has 0 saturated heterocycles. The lowest BCUT2D eigenvalue weighted by Gasteiger charge is -2.29. The van der Waals surface area contributed by atoms with Gasteiger partial charge < -0.3 is 19.1 Å². The Morgan fingerprint density at radius 1 is 0.526 bits per heavy atom. The summed E-state index contributed by atoms with van der Waals surface area (Å²) in [5, 5.41) is 0.372. The molecule has 0 amide bonds. The number of hydrogen-bond acceptors (Lipinski definition) is 4. The number of nitrogens with zero attached hydrogens (tertiary/aromatic N) is 5. The zero-order valence-corrected chi connectivity index (χ0v) is 43.6. The van der Waals surface area contributed by atoms with E-state index in [1.807, 2.05) is 36.4 Å². The minimum Gasteiger partial charge on any atom is -0.457 e. The molecule has 0 unspecified atom stereocenters. The van der Waals surface area contributed by atoms with E-state index < -0.39 is 121 Å². The maximum atomic E-state index is 9.70. The second kappa shape index (κ2) is 19.0. The number of anilines is 4. The largest absolute Gasteiger partial charge is 0.457 e. The molecule has 3 aromatic heterocycles. The van der Waals surface area contributed by atoms with Gasteiger partial charge in [-0.25, -0.2) is 4.98 Å². The number of benzene rings is 9. The smallest absolute Gasteiger partial charge is 0.137 e. The predicted octanol–water partition coefficient (Wildman–Crippen LogP) is 19.4. The molecule has 0 radical (unpaired) electrons. The molecule has 0 aliphatic carbocycles. The molecule has 13 rings (SSSR count). The van der Waals surface area contributed by atoms with Gasteiger partial charge in [0.2, 0.25) is 0 Å². The van der Waals surface area contributed by atoms with E-state index in [1.165, 1.54) is 26.3 Å². The maximum absolute atomic E-state index is 9.70. The number of rotatable bonds is 10. The van der Waals surface area contributed by atoms with E-state index in [2.05, 4.69) is 99.9 Å². The van der Waals surface area contributed by atoms with E-state index in [1.54, 1.807) is 36.4 Å². The van der Waals surface area contributed by atoms with Crippen molar-refractivity contribution in [1.29, 1.82) is 0 Å². The van der Waals surface area contributed by atoms with Gasteiger partial charge in [-0.1, -0.05) is 170 Å². The average molecular weight is 1040 g/mol. The van der Waals surface area contributed by atoms with Crippen molar-refractivity contribution < 1.29 is 34.9 Å². The normalized spacial score (nSPS) is 17.6. The maximum Gasteiger partial charge on any atom is 0.137 e. The van der Waals surface area contributed by atoms with Gasteiger partial charge in [0.05, 0.1) is 51.3 Å². The van der Waals surface area contributed by atoms with Crippen LogP contribution in [0.2, 0.25) is 0 Å². The molecule has 6 nitrogen and oxygen atoms in total. The Bertz CT molecular complexity index is 5280. The van der Waals surface area contributed by atoms with E-state index in [9.17, 15) is 6.85 Å². The molecule has 0 N–H and O–H groups in total. The van der Waals surface area contributed by atoms with Gasteiger partial charge in [-0.15, -0.1) is 0 Å². The molecule has 4 heterocycles. The molecule has 78 heavy (non-hydrogen) atoms. The van der Waals surface area contributed by atoms with Crippen LogP contribution in [0.4, 0.5) is 22.7 Å². The summed E-state index contributed by atoms with van der Waals surface area (Å²) in [6, 6.07) is 32.4. The first-order valence-corrected chi connectivity index (χ1v) is 25.6. The van der Waals surface area contributed by atoms with Crippen LogP contribution in [-0.2, 0) is 17.2 Å². The van der Waals surface area contributed by atoms with Crippen molar-refractivity contribution in [2.75, 3.05) is 16.5 Å². The molecule has 384 valence electrons. The Labute approximate surface area is 489 Å². The molecule has 1 aliphatic heterocycles. The van der Waals surface area contributed by atoms with Crippen molar-refractivity contribution in [1.82, 2.24) is 14.1 Å². The zero-order valence-electron chi connectivity index (χ0n) is 65.6. The van der Waals surface area contributed by atoms with Crippen molar-refractivity contribution in [3.8, 4) is 45.3 Å². The second-order valence-corrected chi connectivity index (χ2v) is 21.5. The Kier molecular flexibility index (Phi) is 7.35. The highest BCUT2D eigenvalue weighted by atomic mass is 16.5. The van der Waals surface area contributed by atoms with Gasteiger partial charge in [-0.2, -0.15) is 0 Å². The summed E-state index contributed by atoms with van der Waals surface area (Å²) in [7, 11) is 0. The Morgan fingerprint density at radius 3 is 1.94 bits per heavy atom. The number of hydrogen-bond donors (Lipinski definition) is 0. The van der Waals surface area contributed by atoms with Crippen molar-refractivity contribution in [3.05, 3.63) is 235 Å². The van der Waals surface area contributed by atoms with E-state index in [0.29, 0.717) is 23.2 Å². The standard InChI is InChI=1S/C72H65N5O/c1-47(2)36-51-38-70(73-45-63(51)49-22-13-10-14-23-49)77-66-35-31-55(76-64-28-17-15-26-59(64)60-27-16-18-29-65(60)76)43-62(66)61-33-32-58(44-68(61)77)78-57-25-19-24-54(42-57)74-46-75(56-40-52(71(3,4)5)39-53(41-56)72(6,7)8)69-37-50(30-34-67(69)74)48-20-11-9-12-21-48/h9-35,37-45,47H,36,46H2,1-8H3/i1D3,2D3,10D,13D,14D,15D,16D,17D,18D,22D,23D,26D,27D,28D,29D,36D2,47D. The quantitative estimate of drug-likeness (QED) is 0.137. The van der Waals surface area contributed by atoms with Crippen LogP contribution in [0.15, 0.2) is 218 Å². The first-order chi connectivity index (χ1) is 46.7. The van der Waals surface area contributed by atoms with Gasteiger partial charge >= 0.3 is 0 Å². The lowest BCUT2D eigenvalue weighted by molar-refractivity contribution is 0.483. The SMILES string of the molecule is [2H]c1c([2H])c([2H])c(-c2cnc(-n3c4ccc(-n5c6c([2H])c([2H])c([2H])c([2H])c6c6c([2H])c([2H])c([2H])c([2H])c65)cc4c4ccc(Oc5cccc(N6CN(c7cc(C(C)(C)C)cc(C(C)(C)C)c7)c7cc(-c8ccccc8)ccc76)c5)cc43)cc2C([2H])([2H])C([2H])(C([2H])([2H])[2H])C([2H])([2H])[2H])c([2H])c1[2H]. The van der Waals surface area contributed by atoms with Crippen molar-refractivity contribution in [2.24, 2.45) is 5.89 Å². The van der Waals surface area contributed by atoms with E-state index in [-0.39, 0.29) is 60.9 Å². The zero-order chi connectivity index (χ0) is 72.5. The highest BCUT2D eigenvalue weighted by Crippen LogP contribution is 2.48. The van der Waals surface area contributed by atoms with Crippen LogP contribution in [0, 0.1) is 5.89 Å². The Balaban J connectivity index is 1.03. The number of fused-ring (bicyclic) bond motifs is 7. The van der Waals surface area contributed by atoms with Gasteiger partial charge in [-0.3, -0.25) is 4.57 Å². The fourth-order valence-electron chi connectivity index (χ4n) is 10.5. The summed E-state index contributed by atoms with van der Waals surface area (Å²) in [4.78, 5) is 9.25. The van der Waals surface area contributed by atoms with E-state index in [4.69, 9.17) is 33.0 Å². The number of aromatic nitrogens is 3. The van der Waals surface area contributed by atoms with Gasteiger partial charge in [0.25, 0.3) is 0 Å². The van der Waals surface area contributed by atoms with Crippen LogP contribution >= 0.6 is 0 Å². The molecule has 9 aromatic carbocycles. The van der Waals surface area contributed by atoms with Gasteiger partial charge in [0, 0.05) is 74.8 Å². The lowest BCUT2D eigenvalue weighted by atomic mass is 9.80. The van der Waals surface area contributed by atoms with Gasteiger partial charge in [0.1, 0.15) is 24.0 Å². The molecule has 0 fully saturated rings. The minimum absolute atomic E-state index is 0.143. The Morgan fingerprint density at radius 2 is 1.22 bits per heavy atom. The van der Waals surface area contributed by atoms with Crippen molar-refractivity contribution >= 4 is 66.4 Å². The highest BCUT2D eigenvalue weighted by Gasteiger charge is 2.31. The summed E-state index contributed by atoms with van der Waals surface area (Å²) in [6.07, 6.45) is -2.87. The first-order valence-electron chi connectivity index (χ1n) is 36.6. The third-order valence-corrected chi connectivity index (χ3v) is 14.4. The molecule has 12 aromatic rings. The molecular formula is C72H65N5O. The molecule has 0 atom stereocenters. The molecule has 6 heteroatoms. The molecular weight excluding hydrogens is 951 g/mol. The van der Waals surface area contributed by atoms with E-state index >= 15 is 0 Å². The average Bonchev–Trinajstić information content (AvgIpc) is 1.44. The van der Waals surface area contributed by atoms with Crippen LogP contribution in [-0.4, -0.2) is 20.8 Å². The summed E-state index contributed by atoms with van der Waals surface area (Å²) in [5.41, 5.74) is 5.87. The molecule has 0 bridgehead atoms. The van der Waals surface area contributed by atoms with Gasteiger partial charge in [0.15, 0.2) is 0 Å². The number of ether oxygens (including phenoxy) is 1. The third kappa shape index (κ3) is 8.75. The van der Waals surface area contributed by atoms with Crippen LogP contribution in [0.3, 0.4) is 0 Å². The Hall–Kier alpha value is -8.87. The first kappa shape index (κ1) is 30.2. The summed E-state index contributed by atoms with van der Waals surface area (Å²) in [5.74, 6) is -3.67. The monoisotopic (exact) mass is 1040 g/mol. The predicted molar refractivity (Wildman–Crippen MR) is 328 cm³/mol. The van der Waals surface area contributed by atoms with Crippen LogP contribution in [0.1, 0.15) is 102 Å². The molecule has 0 saturated carbocycles. The lowest BCUT2D eigenvalue weighted by Crippen LogP contribution is -2.25. The van der Waals surface area contributed by atoms with E-state index in [0.717, 1.165) is 46.1 Å². The number of pyridine rings is 1. The topological polar surface area (TPSA) is 38.5 Å². The van der Waals surface area contributed by atoms with Crippen LogP contribution in [0.25, 0.3) is 77.4 Å². The van der Waals surface area contributed by atoms with Crippen LogP contribution in [0.5, 0.6) is 11.5 Å². The third-order valence-electron chi connectivity index (χ3n) is 14.4. The molecule has 0 spiro atoms.